The molecule has 8 N–H and O–H groups in total. The molecule has 8 aliphatic rings. The van der Waals surface area contributed by atoms with E-state index in [1.807, 2.05) is 18.2 Å². The number of benzene rings is 2. The van der Waals surface area contributed by atoms with Gasteiger partial charge in [0.05, 0.1) is 36.4 Å². The number of ether oxygens (including phenoxy) is 2. The summed E-state index contributed by atoms with van der Waals surface area (Å²) < 4.78 is 12.5. The molecule has 6 bridgehead atoms. The number of Topliss-reactive ketones (excluding diaryl/α,β-unsaturated/α-hetero) is 2. The molecule has 334 valence electrons. The van der Waals surface area contributed by atoms with Gasteiger partial charge < -0.3 is 55.5 Å². The zero-order valence-corrected chi connectivity index (χ0v) is 36.5. The standard InChI is InChI=1S/C48H54N2O11S2/c51-19-27-5-1-4-26(12-27)13-28-14-34-40(55)32-7-2-8-35-39(32)42(57)47(34,37(54)15-28)24-62-63-25-50-38-16-33-29(18-49-38)9-10-30-17-45(11-3-6-31(45)20-52)22-46(30,33)23-48(59)41(56)36(21-53)61-44(60-35)43(48)58/h1-2,4-5,7-8,12,14-16,20,30-31,34,36,41,43-44,49-51,53-54,56,58-59H,3,6,9-11,13,17-19,21-25H2/t30-,31-,34-,36-,41-,43+,44-,45+,46-,47+,48+/m1/s1. The normalized spacial score (nSPS) is 38.4. The van der Waals surface area contributed by atoms with Crippen LogP contribution in [0.4, 0.5) is 0 Å². The largest absolute Gasteiger partial charge is 0.511 e. The van der Waals surface area contributed by atoms with Crippen LogP contribution in [-0.4, -0.2) is 103 Å². The van der Waals surface area contributed by atoms with Crippen LogP contribution in [0.25, 0.3) is 0 Å². The quantitative estimate of drug-likeness (QED) is 0.152. The zero-order valence-electron chi connectivity index (χ0n) is 34.8. The minimum Gasteiger partial charge on any atom is -0.511 e. The second kappa shape index (κ2) is 16.2. The number of carbonyl (C=O) groups is 3. The molecule has 3 spiro atoms. The molecule has 3 aliphatic heterocycles. The second-order valence-electron chi connectivity index (χ2n) is 19.0. The topological polar surface area (TPSA) is 215 Å². The van der Waals surface area contributed by atoms with Crippen LogP contribution in [0.5, 0.6) is 5.75 Å². The van der Waals surface area contributed by atoms with Gasteiger partial charge in [-0.3, -0.25) is 9.59 Å². The Morgan fingerprint density at radius 1 is 0.968 bits per heavy atom. The fourth-order valence-electron chi connectivity index (χ4n) is 12.9. The fourth-order valence-corrected chi connectivity index (χ4v) is 15.1. The molecule has 13 nitrogen and oxygen atoms in total. The molecule has 63 heavy (non-hydrogen) atoms. The third-order valence-corrected chi connectivity index (χ3v) is 18.1. The number of aldehydes is 1. The molecular formula is C48H54N2O11S2. The van der Waals surface area contributed by atoms with E-state index in [4.69, 9.17) is 9.47 Å². The van der Waals surface area contributed by atoms with Crippen molar-refractivity contribution in [3.8, 4) is 5.75 Å². The first-order chi connectivity index (χ1) is 30.4. The smallest absolute Gasteiger partial charge is 0.229 e. The van der Waals surface area contributed by atoms with Crippen molar-refractivity contribution in [2.75, 3.05) is 24.8 Å². The average Bonchev–Trinajstić information content (AvgIpc) is 3.84. The molecule has 0 aromatic heterocycles. The number of dihydropyridines is 1. The summed E-state index contributed by atoms with van der Waals surface area (Å²) >= 11 is 0. The Balaban J connectivity index is 1.08. The van der Waals surface area contributed by atoms with Gasteiger partial charge in [0.2, 0.25) is 6.29 Å². The summed E-state index contributed by atoms with van der Waals surface area (Å²) in [7, 11) is 2.80. The number of nitrogens with one attached hydrogen (secondary N) is 2. The number of rotatable bonds is 5. The first-order valence-electron chi connectivity index (χ1n) is 22.1. The maximum Gasteiger partial charge on any atom is 0.229 e. The Morgan fingerprint density at radius 3 is 2.60 bits per heavy atom. The van der Waals surface area contributed by atoms with Gasteiger partial charge in [-0.15, -0.1) is 0 Å². The van der Waals surface area contributed by atoms with Gasteiger partial charge in [-0.25, -0.2) is 0 Å². The maximum atomic E-state index is 15.3. The van der Waals surface area contributed by atoms with E-state index in [0.717, 1.165) is 67.3 Å². The van der Waals surface area contributed by atoms with E-state index in [1.165, 1.54) is 39.3 Å². The Hall–Kier alpha value is -3.93. The highest BCUT2D eigenvalue weighted by molar-refractivity contribution is 8.76. The first kappa shape index (κ1) is 43.0. The molecule has 11 atom stereocenters. The monoisotopic (exact) mass is 898 g/mol. The zero-order chi connectivity index (χ0) is 43.9. The Bertz CT molecular complexity index is 2370. The van der Waals surface area contributed by atoms with E-state index in [9.17, 15) is 40.2 Å². The third-order valence-electron chi connectivity index (χ3n) is 15.9. The lowest BCUT2D eigenvalue weighted by molar-refractivity contribution is -0.320. The number of hydrogen-bond donors (Lipinski definition) is 8. The molecule has 1 saturated heterocycles. The maximum absolute atomic E-state index is 15.3. The Morgan fingerprint density at radius 2 is 1.79 bits per heavy atom. The summed E-state index contributed by atoms with van der Waals surface area (Å²) in [5.74, 6) is -1.42. The van der Waals surface area contributed by atoms with Crippen LogP contribution in [-0.2, 0) is 22.6 Å². The number of ketones is 2. The van der Waals surface area contributed by atoms with Crippen LogP contribution in [0.3, 0.4) is 0 Å². The first-order valence-corrected chi connectivity index (χ1v) is 24.5. The molecule has 2 aromatic rings. The van der Waals surface area contributed by atoms with Crippen molar-refractivity contribution < 1.29 is 54.5 Å². The van der Waals surface area contributed by atoms with E-state index in [0.29, 0.717) is 30.8 Å². The van der Waals surface area contributed by atoms with Gasteiger partial charge in [0.25, 0.3) is 0 Å². The van der Waals surface area contributed by atoms with Crippen molar-refractivity contribution in [3.63, 3.8) is 0 Å². The van der Waals surface area contributed by atoms with Gasteiger partial charge in [0, 0.05) is 29.2 Å². The molecule has 0 amide bonds. The summed E-state index contributed by atoms with van der Waals surface area (Å²) in [6, 6.07) is 11.9. The van der Waals surface area contributed by atoms with Crippen LogP contribution >= 0.6 is 21.6 Å². The summed E-state index contributed by atoms with van der Waals surface area (Å²) in [6.07, 6.45) is 5.47. The highest BCUT2D eigenvalue weighted by Crippen LogP contribution is 2.70. The highest BCUT2D eigenvalue weighted by atomic mass is 33.1. The van der Waals surface area contributed by atoms with Gasteiger partial charge in [-0.2, -0.15) is 0 Å². The van der Waals surface area contributed by atoms with Gasteiger partial charge >= 0.3 is 0 Å². The van der Waals surface area contributed by atoms with Crippen LogP contribution in [0.2, 0.25) is 0 Å². The number of fused-ring (bicyclic) bond motifs is 2. The molecule has 10 rings (SSSR count). The summed E-state index contributed by atoms with van der Waals surface area (Å²) in [5.41, 5.74) is -0.749. The van der Waals surface area contributed by atoms with Crippen molar-refractivity contribution in [2.45, 2.75) is 94.6 Å². The molecule has 3 fully saturated rings. The lowest BCUT2D eigenvalue weighted by Crippen LogP contribution is -2.69. The number of carbonyl (C=O) groups excluding carboxylic acids is 3. The minimum atomic E-state index is -2.31. The number of hydrogen-bond acceptors (Lipinski definition) is 15. The van der Waals surface area contributed by atoms with Crippen LogP contribution < -0.4 is 15.4 Å². The highest BCUT2D eigenvalue weighted by Gasteiger charge is 2.67. The van der Waals surface area contributed by atoms with Crippen molar-refractivity contribution >= 4 is 39.4 Å². The lowest BCUT2D eigenvalue weighted by Gasteiger charge is -2.54. The van der Waals surface area contributed by atoms with E-state index in [-0.39, 0.29) is 58.7 Å². The average molecular weight is 899 g/mol. The van der Waals surface area contributed by atoms with E-state index in [1.54, 1.807) is 24.3 Å². The predicted molar refractivity (Wildman–Crippen MR) is 235 cm³/mol. The number of aliphatic hydroxyl groups excluding tert-OH is 5. The number of allylic oxidation sites excluding steroid dienone is 6. The van der Waals surface area contributed by atoms with Gasteiger partial charge in [0.15, 0.2) is 11.6 Å². The van der Waals surface area contributed by atoms with Crippen LogP contribution in [0.1, 0.15) is 83.2 Å². The summed E-state index contributed by atoms with van der Waals surface area (Å²) in [5, 5.41) is 77.0. The molecule has 0 radical (unpaired) electrons. The fraction of sp³-hybridized carbons (Fsp3) is 0.521. The molecule has 15 heteroatoms. The van der Waals surface area contributed by atoms with Crippen molar-refractivity contribution in [2.24, 2.45) is 34.0 Å². The minimum absolute atomic E-state index is 0.0160. The molecule has 5 aliphatic carbocycles. The predicted octanol–water partition coefficient (Wildman–Crippen LogP) is 4.58. The van der Waals surface area contributed by atoms with E-state index >= 15 is 4.79 Å². The molecular weight excluding hydrogens is 845 g/mol. The molecule has 2 aromatic carbocycles. The van der Waals surface area contributed by atoms with Gasteiger partial charge in [-0.1, -0.05) is 70.5 Å². The third kappa shape index (κ3) is 6.70. The molecule has 2 saturated carbocycles. The molecule has 0 unspecified atom stereocenters. The summed E-state index contributed by atoms with van der Waals surface area (Å²) in [6.45, 7) is -0.324. The Kier molecular flexibility index (Phi) is 11.1. The lowest BCUT2D eigenvalue weighted by atomic mass is 9.57. The molecule has 3 heterocycles. The van der Waals surface area contributed by atoms with Crippen molar-refractivity contribution in [1.29, 1.82) is 0 Å². The Labute approximate surface area is 373 Å². The van der Waals surface area contributed by atoms with Crippen LogP contribution in [0, 0.1) is 34.0 Å². The summed E-state index contributed by atoms with van der Waals surface area (Å²) in [4.78, 5) is 42.8. The van der Waals surface area contributed by atoms with E-state index < -0.39 is 65.1 Å². The number of aliphatic hydroxyl groups is 6. The van der Waals surface area contributed by atoms with Crippen molar-refractivity contribution in [3.05, 3.63) is 111 Å². The van der Waals surface area contributed by atoms with E-state index in [2.05, 4.69) is 16.7 Å². The SMILES string of the molecule is O=C[C@H]1CCC[C@@]12C[C@H]1CCC3=C4C=C(NCSSC[C@]56C(=O)c7c(cccc7C(=O)[C@H]5C=C(Cc5cccc(CO)c5)C=C6O)O[C@@H]5O[C@H](CO)[C@@H](O)[C@@](O)(C[C@@]41C2)[C@H]5O)NC3. The van der Waals surface area contributed by atoms with Gasteiger partial charge in [-0.05, 0) is 109 Å². The second-order valence-corrected chi connectivity index (χ2v) is 21.5. The van der Waals surface area contributed by atoms with Crippen molar-refractivity contribution in [1.82, 2.24) is 10.6 Å². The van der Waals surface area contributed by atoms with Crippen LogP contribution in [0.15, 0.2) is 89.0 Å². The van der Waals surface area contributed by atoms with Gasteiger partial charge in [0.1, 0.15) is 47.1 Å².